The number of hydrogen-bond acceptors (Lipinski definition) is 6. The van der Waals surface area contributed by atoms with E-state index in [0.717, 1.165) is 5.56 Å². The molecule has 0 unspecified atom stereocenters. The Hall–Kier alpha value is -2.54. The molecule has 1 amide bonds. The number of carbonyl (C=O) groups is 1. The summed E-state index contributed by atoms with van der Waals surface area (Å²) in [5, 5.41) is 2.81. The number of hydrogen-bond donors (Lipinski definition) is 1. The number of rotatable bonds is 7. The molecule has 2 aromatic rings. The van der Waals surface area contributed by atoms with Crippen molar-refractivity contribution in [2.75, 3.05) is 19.9 Å². The maximum Gasteiger partial charge on any atom is 0.231 e. The Bertz CT molecular complexity index is 754. The van der Waals surface area contributed by atoms with Crippen molar-refractivity contribution in [1.82, 2.24) is 10.3 Å². The topological polar surface area (TPSA) is 82.8 Å². The second-order valence-electron chi connectivity index (χ2n) is 6.04. The summed E-state index contributed by atoms with van der Waals surface area (Å²) in [6.45, 7) is 6.90. The van der Waals surface area contributed by atoms with Gasteiger partial charge in [0.15, 0.2) is 11.5 Å². The summed E-state index contributed by atoms with van der Waals surface area (Å²) in [5.41, 5.74) is 1.40. The van der Waals surface area contributed by atoms with Crippen LogP contribution in [0.25, 0.3) is 11.5 Å². The van der Waals surface area contributed by atoms with Crippen molar-refractivity contribution in [2.24, 2.45) is 0 Å². The van der Waals surface area contributed by atoms with Gasteiger partial charge in [0.05, 0.1) is 24.8 Å². The molecule has 0 radical (unpaired) electrons. The van der Waals surface area contributed by atoms with Gasteiger partial charge in [0.1, 0.15) is 5.76 Å². The van der Waals surface area contributed by atoms with E-state index in [1.807, 2.05) is 32.0 Å². The minimum absolute atomic E-state index is 0.110. The van der Waals surface area contributed by atoms with Crippen LogP contribution in [0.3, 0.4) is 0 Å². The van der Waals surface area contributed by atoms with E-state index in [1.165, 1.54) is 0 Å². The number of ether oxygens (including phenoxy) is 3. The zero-order valence-electron chi connectivity index (χ0n) is 14.6. The Morgan fingerprint density at radius 2 is 2.12 bits per heavy atom. The highest BCUT2D eigenvalue weighted by Crippen LogP contribution is 2.36. The molecule has 0 aliphatic carbocycles. The smallest absolute Gasteiger partial charge is 0.231 e. The standard InChI is InChI=1S/C18H22N2O5/c1-11(2)22-7-6-19-17(21)9-14-12(3)25-18(20-14)13-4-5-15-16(8-13)24-10-23-15/h4-5,8,11H,6-7,9-10H2,1-3H3,(H,19,21). The maximum absolute atomic E-state index is 12.0. The van der Waals surface area contributed by atoms with Crippen LogP contribution in [0.4, 0.5) is 0 Å². The van der Waals surface area contributed by atoms with E-state index in [2.05, 4.69) is 10.3 Å². The first kappa shape index (κ1) is 17.3. The van der Waals surface area contributed by atoms with Crippen molar-refractivity contribution in [3.63, 3.8) is 0 Å². The van der Waals surface area contributed by atoms with Gasteiger partial charge in [-0.3, -0.25) is 4.79 Å². The minimum atomic E-state index is -0.110. The molecule has 0 spiro atoms. The Morgan fingerprint density at radius 1 is 1.32 bits per heavy atom. The van der Waals surface area contributed by atoms with E-state index in [9.17, 15) is 4.79 Å². The van der Waals surface area contributed by atoms with Crippen LogP contribution in [-0.4, -0.2) is 36.9 Å². The molecule has 0 bridgehead atoms. The molecule has 1 aliphatic heterocycles. The fourth-order valence-corrected chi connectivity index (χ4v) is 2.44. The van der Waals surface area contributed by atoms with Gasteiger partial charge in [0.25, 0.3) is 0 Å². The number of fused-ring (bicyclic) bond motifs is 1. The lowest BCUT2D eigenvalue weighted by Crippen LogP contribution is -2.29. The molecule has 0 saturated carbocycles. The molecule has 134 valence electrons. The number of amides is 1. The predicted molar refractivity (Wildman–Crippen MR) is 90.6 cm³/mol. The van der Waals surface area contributed by atoms with Crippen molar-refractivity contribution in [3.05, 3.63) is 29.7 Å². The van der Waals surface area contributed by atoms with Crippen molar-refractivity contribution in [1.29, 1.82) is 0 Å². The first-order valence-corrected chi connectivity index (χ1v) is 8.27. The van der Waals surface area contributed by atoms with Crippen molar-refractivity contribution in [3.8, 4) is 23.0 Å². The summed E-state index contributed by atoms with van der Waals surface area (Å²) >= 11 is 0. The molecule has 1 aromatic heterocycles. The molecule has 1 aromatic carbocycles. The molecule has 7 nitrogen and oxygen atoms in total. The van der Waals surface area contributed by atoms with E-state index in [4.69, 9.17) is 18.6 Å². The summed E-state index contributed by atoms with van der Waals surface area (Å²) in [6, 6.07) is 5.49. The summed E-state index contributed by atoms with van der Waals surface area (Å²) < 4.78 is 21.8. The molecule has 3 rings (SSSR count). The maximum atomic E-state index is 12.0. The van der Waals surface area contributed by atoms with Crippen LogP contribution in [0.5, 0.6) is 11.5 Å². The van der Waals surface area contributed by atoms with Gasteiger partial charge < -0.3 is 23.9 Å². The normalized spacial score (nSPS) is 12.6. The molecule has 25 heavy (non-hydrogen) atoms. The molecule has 0 atom stereocenters. The van der Waals surface area contributed by atoms with Crippen LogP contribution in [-0.2, 0) is 16.0 Å². The van der Waals surface area contributed by atoms with Crippen LogP contribution in [0, 0.1) is 6.92 Å². The summed E-state index contributed by atoms with van der Waals surface area (Å²) in [5.74, 6) is 2.34. The third-order valence-electron chi connectivity index (χ3n) is 3.72. The quantitative estimate of drug-likeness (QED) is 0.776. The summed E-state index contributed by atoms with van der Waals surface area (Å²) in [6.07, 6.45) is 0.320. The first-order valence-electron chi connectivity index (χ1n) is 8.27. The first-order chi connectivity index (χ1) is 12.0. The minimum Gasteiger partial charge on any atom is -0.454 e. The second-order valence-corrected chi connectivity index (χ2v) is 6.04. The Morgan fingerprint density at radius 3 is 2.92 bits per heavy atom. The molecule has 0 saturated heterocycles. The lowest BCUT2D eigenvalue weighted by atomic mass is 10.2. The molecular formula is C18H22N2O5. The van der Waals surface area contributed by atoms with Gasteiger partial charge in [-0.1, -0.05) is 0 Å². The number of nitrogens with one attached hydrogen (secondary N) is 1. The van der Waals surface area contributed by atoms with E-state index >= 15 is 0 Å². The molecule has 7 heteroatoms. The number of carbonyl (C=O) groups excluding carboxylic acids is 1. The van der Waals surface area contributed by atoms with E-state index < -0.39 is 0 Å². The fourth-order valence-electron chi connectivity index (χ4n) is 2.44. The SMILES string of the molecule is Cc1oc(-c2ccc3c(c2)OCO3)nc1CC(=O)NCCOC(C)C. The lowest BCUT2D eigenvalue weighted by Gasteiger charge is -2.08. The zero-order valence-corrected chi connectivity index (χ0v) is 14.6. The van der Waals surface area contributed by atoms with Gasteiger partial charge in [-0.15, -0.1) is 0 Å². The number of benzene rings is 1. The van der Waals surface area contributed by atoms with E-state index in [1.54, 1.807) is 6.92 Å². The van der Waals surface area contributed by atoms with Gasteiger partial charge in [-0.05, 0) is 39.0 Å². The Labute approximate surface area is 146 Å². The molecule has 1 N–H and O–H groups in total. The highest BCUT2D eigenvalue weighted by atomic mass is 16.7. The number of aromatic nitrogens is 1. The van der Waals surface area contributed by atoms with Gasteiger partial charge in [0, 0.05) is 12.1 Å². The average molecular weight is 346 g/mol. The highest BCUT2D eigenvalue weighted by Gasteiger charge is 2.18. The van der Waals surface area contributed by atoms with Crippen molar-refractivity contribution < 1.29 is 23.4 Å². The fraction of sp³-hybridized carbons (Fsp3) is 0.444. The average Bonchev–Trinajstić information content (AvgIpc) is 3.17. The molecular weight excluding hydrogens is 324 g/mol. The van der Waals surface area contributed by atoms with Crippen LogP contribution < -0.4 is 14.8 Å². The number of nitrogens with zero attached hydrogens (tertiary/aromatic N) is 1. The van der Waals surface area contributed by atoms with E-state index in [0.29, 0.717) is 42.0 Å². The highest BCUT2D eigenvalue weighted by molar-refractivity contribution is 5.78. The Balaban J connectivity index is 1.61. The summed E-state index contributed by atoms with van der Waals surface area (Å²) in [7, 11) is 0. The van der Waals surface area contributed by atoms with Crippen molar-refractivity contribution >= 4 is 5.91 Å². The lowest BCUT2D eigenvalue weighted by molar-refractivity contribution is -0.120. The largest absolute Gasteiger partial charge is 0.454 e. The Kier molecular flexibility index (Phi) is 5.23. The molecule has 2 heterocycles. The molecule has 1 aliphatic rings. The number of aryl methyl sites for hydroxylation is 1. The van der Waals surface area contributed by atoms with Gasteiger partial charge in [0.2, 0.25) is 18.6 Å². The van der Waals surface area contributed by atoms with Gasteiger partial charge >= 0.3 is 0 Å². The van der Waals surface area contributed by atoms with Crippen molar-refractivity contribution in [2.45, 2.75) is 33.3 Å². The number of oxazole rings is 1. The third-order valence-corrected chi connectivity index (χ3v) is 3.72. The van der Waals surface area contributed by atoms with E-state index in [-0.39, 0.29) is 25.2 Å². The monoisotopic (exact) mass is 346 g/mol. The van der Waals surface area contributed by atoms with Crippen LogP contribution in [0.15, 0.2) is 22.6 Å². The predicted octanol–water partition coefficient (Wildman–Crippen LogP) is 2.46. The third kappa shape index (κ3) is 4.30. The summed E-state index contributed by atoms with van der Waals surface area (Å²) in [4.78, 5) is 16.5. The zero-order chi connectivity index (χ0) is 17.8. The second kappa shape index (κ2) is 7.57. The van der Waals surface area contributed by atoms with Gasteiger partial charge in [-0.2, -0.15) is 0 Å². The van der Waals surface area contributed by atoms with Gasteiger partial charge in [-0.25, -0.2) is 4.98 Å². The van der Waals surface area contributed by atoms with Crippen LogP contribution >= 0.6 is 0 Å². The van der Waals surface area contributed by atoms with Crippen LogP contribution in [0.2, 0.25) is 0 Å². The molecule has 0 fully saturated rings. The van der Waals surface area contributed by atoms with Crippen LogP contribution in [0.1, 0.15) is 25.3 Å².